The van der Waals surface area contributed by atoms with Gasteiger partial charge in [0.15, 0.2) is 0 Å². The number of aliphatic hydroxyl groups is 1. The molecule has 2 saturated carbocycles. The summed E-state index contributed by atoms with van der Waals surface area (Å²) in [4.78, 5) is 16.6. The average Bonchev–Trinajstić information content (AvgIpc) is 3.22. The van der Waals surface area contributed by atoms with Gasteiger partial charge in [-0.3, -0.25) is 4.21 Å². The fourth-order valence-corrected chi connectivity index (χ4v) is 7.73. The minimum absolute atomic E-state index is 0.0246. The second kappa shape index (κ2) is 8.68. The molecule has 2 N–H and O–H groups in total. The molecule has 1 unspecified atom stereocenters. The zero-order chi connectivity index (χ0) is 24.2. The van der Waals surface area contributed by atoms with Crippen LogP contribution in [0.4, 0.5) is 11.6 Å². The smallest absolute Gasteiger partial charge is 0.149 e. The molecule has 4 aliphatic rings. The number of nitriles is 1. The van der Waals surface area contributed by atoms with E-state index in [1.54, 1.807) is 12.4 Å². The van der Waals surface area contributed by atoms with Crippen molar-refractivity contribution in [2.24, 2.45) is 5.41 Å². The minimum atomic E-state index is -1.17. The Morgan fingerprint density at radius 1 is 1.23 bits per heavy atom. The number of aliphatic hydroxyl groups excluding tert-OH is 1. The molecular formula is C25H29ClN6O2S. The molecule has 0 bridgehead atoms. The molecule has 2 aromatic rings. The van der Waals surface area contributed by atoms with Crippen molar-refractivity contribution in [1.82, 2.24) is 15.0 Å². The van der Waals surface area contributed by atoms with E-state index in [1.807, 2.05) is 0 Å². The summed E-state index contributed by atoms with van der Waals surface area (Å²) in [6.45, 7) is 1.77. The summed E-state index contributed by atoms with van der Waals surface area (Å²) < 4.78 is 12.8. The second-order valence-electron chi connectivity index (χ2n) is 10.7. The van der Waals surface area contributed by atoms with Crippen molar-refractivity contribution < 1.29 is 9.32 Å². The lowest BCUT2D eigenvalue weighted by Crippen LogP contribution is -2.58. The van der Waals surface area contributed by atoms with Crippen LogP contribution in [0.15, 0.2) is 17.3 Å². The van der Waals surface area contributed by atoms with Crippen molar-refractivity contribution in [2.75, 3.05) is 35.7 Å². The van der Waals surface area contributed by atoms with Crippen LogP contribution in [0.3, 0.4) is 0 Å². The molecule has 184 valence electrons. The van der Waals surface area contributed by atoms with Crippen molar-refractivity contribution in [3.63, 3.8) is 0 Å². The van der Waals surface area contributed by atoms with E-state index in [-0.39, 0.29) is 12.0 Å². The lowest BCUT2D eigenvalue weighted by molar-refractivity contribution is 0.125. The number of rotatable bonds is 5. The molecule has 6 rings (SSSR count). The highest BCUT2D eigenvalue weighted by Gasteiger charge is 2.48. The third kappa shape index (κ3) is 3.90. The standard InChI is InChI=1S/C25H29ClN6O2S/c26-17-11-28-21(29-12-17)16-2-7-24(8-3-16)13-32(14-24)23-19(10-27)18-4-9-35(34)20(18)22(30-23)31-25(15-33)5-1-6-25/h11-12,16,33H,1-9,13-15H2,(H,30,31). The van der Waals surface area contributed by atoms with Crippen LogP contribution in [0.25, 0.3) is 0 Å². The van der Waals surface area contributed by atoms with Crippen molar-refractivity contribution in [1.29, 1.82) is 5.26 Å². The number of anilines is 2. The van der Waals surface area contributed by atoms with Gasteiger partial charge in [-0.2, -0.15) is 5.26 Å². The highest BCUT2D eigenvalue weighted by Crippen LogP contribution is 2.50. The highest BCUT2D eigenvalue weighted by molar-refractivity contribution is 7.85. The lowest BCUT2D eigenvalue weighted by Gasteiger charge is -2.54. The number of nitrogens with one attached hydrogen (secondary N) is 1. The molecule has 0 aromatic carbocycles. The summed E-state index contributed by atoms with van der Waals surface area (Å²) in [6, 6.07) is 2.38. The Bertz CT molecular complexity index is 1200. The maximum absolute atomic E-state index is 12.8. The highest BCUT2D eigenvalue weighted by atomic mass is 35.5. The van der Waals surface area contributed by atoms with Gasteiger partial charge < -0.3 is 15.3 Å². The van der Waals surface area contributed by atoms with E-state index in [9.17, 15) is 14.6 Å². The van der Waals surface area contributed by atoms with Gasteiger partial charge in [-0.1, -0.05) is 11.6 Å². The molecule has 3 fully saturated rings. The molecule has 8 nitrogen and oxygen atoms in total. The van der Waals surface area contributed by atoms with Crippen LogP contribution in [0.5, 0.6) is 0 Å². The maximum Gasteiger partial charge on any atom is 0.149 e. The number of fused-ring (bicyclic) bond motifs is 1. The molecule has 2 aliphatic carbocycles. The molecular weight excluding hydrogens is 484 g/mol. The minimum Gasteiger partial charge on any atom is -0.394 e. The summed E-state index contributed by atoms with van der Waals surface area (Å²) in [5.74, 6) is 3.07. The Hall–Kier alpha value is -2.28. The third-order valence-electron chi connectivity index (χ3n) is 8.51. The van der Waals surface area contributed by atoms with E-state index in [4.69, 9.17) is 16.6 Å². The topological polar surface area (TPSA) is 115 Å². The molecule has 1 atom stereocenters. The Balaban J connectivity index is 1.22. The predicted octanol–water partition coefficient (Wildman–Crippen LogP) is 3.55. The summed E-state index contributed by atoms with van der Waals surface area (Å²) in [5, 5.41) is 24.0. The Kier molecular flexibility index (Phi) is 5.74. The van der Waals surface area contributed by atoms with Crippen molar-refractivity contribution >= 4 is 34.0 Å². The molecule has 2 aliphatic heterocycles. The number of hydrogen-bond donors (Lipinski definition) is 2. The largest absolute Gasteiger partial charge is 0.394 e. The zero-order valence-electron chi connectivity index (χ0n) is 19.6. The Morgan fingerprint density at radius 2 is 1.94 bits per heavy atom. The van der Waals surface area contributed by atoms with Gasteiger partial charge in [-0.25, -0.2) is 15.0 Å². The first-order chi connectivity index (χ1) is 16.9. The van der Waals surface area contributed by atoms with Gasteiger partial charge in [0.05, 0.1) is 38.4 Å². The summed E-state index contributed by atoms with van der Waals surface area (Å²) in [5.41, 5.74) is 1.28. The third-order valence-corrected chi connectivity index (χ3v) is 10.2. The number of pyridine rings is 1. The Labute approximate surface area is 212 Å². The van der Waals surface area contributed by atoms with E-state index >= 15 is 0 Å². The molecule has 0 amide bonds. The fraction of sp³-hybridized carbons (Fsp3) is 0.600. The monoisotopic (exact) mass is 512 g/mol. The SMILES string of the molecule is N#Cc1c(N2CC3(CCC(c4ncc(Cl)cn4)CC3)C2)nc(NC2(CO)CCC2)c2c1CCS2=O. The van der Waals surface area contributed by atoms with Crippen molar-refractivity contribution in [3.05, 3.63) is 34.4 Å². The fourth-order valence-electron chi connectivity index (χ4n) is 6.24. The molecule has 10 heteroatoms. The average molecular weight is 513 g/mol. The second-order valence-corrected chi connectivity index (χ2v) is 12.6. The normalized spacial score (nSPS) is 24.4. The van der Waals surface area contributed by atoms with Crippen molar-refractivity contribution in [3.8, 4) is 6.07 Å². The maximum atomic E-state index is 12.8. The van der Waals surface area contributed by atoms with Crippen LogP contribution in [0.2, 0.25) is 5.02 Å². The van der Waals surface area contributed by atoms with Gasteiger partial charge in [0, 0.05) is 42.6 Å². The van der Waals surface area contributed by atoms with E-state index in [2.05, 4.69) is 26.3 Å². The molecule has 1 spiro atoms. The summed E-state index contributed by atoms with van der Waals surface area (Å²) in [7, 11) is -1.17. The van der Waals surface area contributed by atoms with Gasteiger partial charge in [-0.15, -0.1) is 0 Å². The number of halogens is 1. The molecule has 0 radical (unpaired) electrons. The van der Waals surface area contributed by atoms with E-state index in [0.717, 1.165) is 69.4 Å². The summed E-state index contributed by atoms with van der Waals surface area (Å²) >= 11 is 5.94. The van der Waals surface area contributed by atoms with Crippen LogP contribution in [0.1, 0.15) is 67.8 Å². The molecule has 2 aromatic heterocycles. The van der Waals surface area contributed by atoms with Crippen LogP contribution >= 0.6 is 11.6 Å². The Morgan fingerprint density at radius 3 is 2.54 bits per heavy atom. The van der Waals surface area contributed by atoms with Gasteiger partial charge >= 0.3 is 0 Å². The molecule has 4 heterocycles. The van der Waals surface area contributed by atoms with Crippen LogP contribution in [0, 0.1) is 16.7 Å². The first kappa shape index (κ1) is 23.1. The van der Waals surface area contributed by atoms with Crippen molar-refractivity contribution in [2.45, 2.75) is 67.7 Å². The van der Waals surface area contributed by atoms with Gasteiger partial charge in [-0.05, 0) is 56.9 Å². The van der Waals surface area contributed by atoms with Gasteiger partial charge in [0.2, 0.25) is 0 Å². The van der Waals surface area contributed by atoms with Crippen LogP contribution in [-0.4, -0.2) is 55.3 Å². The lowest BCUT2D eigenvalue weighted by atomic mass is 9.65. The number of nitrogens with zero attached hydrogens (tertiary/aromatic N) is 5. The first-order valence-corrected chi connectivity index (χ1v) is 14.1. The first-order valence-electron chi connectivity index (χ1n) is 12.4. The summed E-state index contributed by atoms with van der Waals surface area (Å²) in [6.07, 6.45) is 11.0. The predicted molar refractivity (Wildman–Crippen MR) is 134 cm³/mol. The quantitative estimate of drug-likeness (QED) is 0.625. The number of aromatic nitrogens is 3. The van der Waals surface area contributed by atoms with Gasteiger partial charge in [0.25, 0.3) is 0 Å². The number of hydrogen-bond acceptors (Lipinski definition) is 8. The molecule has 1 saturated heterocycles. The molecule has 35 heavy (non-hydrogen) atoms. The van der Waals surface area contributed by atoms with Crippen LogP contribution < -0.4 is 10.2 Å². The van der Waals surface area contributed by atoms with E-state index < -0.39 is 16.3 Å². The van der Waals surface area contributed by atoms with Crippen LogP contribution in [-0.2, 0) is 17.2 Å². The van der Waals surface area contributed by atoms with E-state index in [0.29, 0.717) is 45.2 Å². The van der Waals surface area contributed by atoms with E-state index in [1.165, 1.54) is 0 Å². The van der Waals surface area contributed by atoms with Gasteiger partial charge in [0.1, 0.15) is 23.5 Å². The zero-order valence-corrected chi connectivity index (χ0v) is 21.2.